The van der Waals surface area contributed by atoms with Crippen molar-refractivity contribution in [2.45, 2.75) is 24.2 Å². The number of benzene rings is 1. The minimum absolute atomic E-state index is 0. The molecule has 1 saturated heterocycles. The van der Waals surface area contributed by atoms with Crippen molar-refractivity contribution in [3.8, 4) is 5.75 Å². The van der Waals surface area contributed by atoms with E-state index in [2.05, 4.69) is 21.2 Å². The summed E-state index contributed by atoms with van der Waals surface area (Å²) in [4.78, 5) is 0.305. The van der Waals surface area contributed by atoms with Gasteiger partial charge in [0.05, 0.1) is 6.61 Å². The molecule has 0 bridgehead atoms. The zero-order chi connectivity index (χ0) is 15.7. The van der Waals surface area contributed by atoms with Crippen molar-refractivity contribution in [3.05, 3.63) is 22.2 Å². The minimum atomic E-state index is -3.51. The van der Waals surface area contributed by atoms with Crippen molar-refractivity contribution in [1.29, 1.82) is 0 Å². The zero-order valence-corrected chi connectivity index (χ0v) is 16.3. The van der Waals surface area contributed by atoms with E-state index in [0.29, 0.717) is 36.3 Å². The van der Waals surface area contributed by atoms with Crippen molar-refractivity contribution >= 4 is 38.4 Å². The number of fused-ring (bicyclic) bond motifs is 1. The lowest BCUT2D eigenvalue weighted by Crippen LogP contribution is -2.42. The first-order valence-electron chi connectivity index (χ1n) is 7.62. The fourth-order valence-corrected chi connectivity index (χ4v) is 5.68. The van der Waals surface area contributed by atoms with Gasteiger partial charge in [-0.1, -0.05) is 15.9 Å². The standard InChI is InChI=1S/C15H21BrN2O3S.ClH/c1-17-9-11-3-2-5-18(10-11)22(19,20)14-8-13(16)7-12-4-6-21-15(12)14;/h7-8,11,17H,2-6,9-10H2,1H3;1H. The van der Waals surface area contributed by atoms with Crippen LogP contribution in [0.2, 0.25) is 0 Å². The highest BCUT2D eigenvalue weighted by Gasteiger charge is 2.34. The van der Waals surface area contributed by atoms with Crippen LogP contribution in [0.4, 0.5) is 0 Å². The Morgan fingerprint density at radius 2 is 2.22 bits per heavy atom. The number of halogens is 2. The summed E-state index contributed by atoms with van der Waals surface area (Å²) in [6, 6.07) is 3.61. The predicted octanol–water partition coefficient (Wildman–Crippen LogP) is 2.43. The van der Waals surface area contributed by atoms with Gasteiger partial charge in [-0.2, -0.15) is 4.31 Å². The van der Waals surface area contributed by atoms with E-state index in [9.17, 15) is 8.42 Å². The number of hydrogen-bond acceptors (Lipinski definition) is 4. The van der Waals surface area contributed by atoms with Gasteiger partial charge in [0.15, 0.2) is 0 Å². The first-order chi connectivity index (χ1) is 10.5. The second-order valence-corrected chi connectivity index (χ2v) is 8.74. The minimum Gasteiger partial charge on any atom is -0.492 e. The van der Waals surface area contributed by atoms with E-state index in [1.54, 1.807) is 10.4 Å². The molecular weight excluding hydrogens is 404 g/mol. The van der Waals surface area contributed by atoms with Crippen LogP contribution in [0, 0.1) is 5.92 Å². The van der Waals surface area contributed by atoms with Gasteiger partial charge in [-0.15, -0.1) is 12.4 Å². The summed E-state index contributed by atoms with van der Waals surface area (Å²) in [6.07, 6.45) is 2.74. The summed E-state index contributed by atoms with van der Waals surface area (Å²) in [5, 5.41) is 3.15. The fourth-order valence-electron chi connectivity index (χ4n) is 3.27. The lowest BCUT2D eigenvalue weighted by atomic mass is 10.00. The molecule has 2 aliphatic heterocycles. The van der Waals surface area contributed by atoms with Gasteiger partial charge >= 0.3 is 0 Å². The molecule has 1 atom stereocenters. The smallest absolute Gasteiger partial charge is 0.246 e. The Morgan fingerprint density at radius 3 is 2.96 bits per heavy atom. The lowest BCUT2D eigenvalue weighted by molar-refractivity contribution is 0.262. The monoisotopic (exact) mass is 424 g/mol. The molecule has 1 fully saturated rings. The maximum atomic E-state index is 13.1. The molecule has 3 rings (SSSR count). The Hall–Kier alpha value is -0.340. The average molecular weight is 426 g/mol. The molecule has 0 aromatic heterocycles. The molecule has 0 radical (unpaired) electrons. The summed E-state index contributed by atoms with van der Waals surface area (Å²) in [5.41, 5.74) is 0.969. The van der Waals surface area contributed by atoms with Crippen LogP contribution in [0.3, 0.4) is 0 Å². The maximum absolute atomic E-state index is 13.1. The summed E-state index contributed by atoms with van der Waals surface area (Å²) in [6.45, 7) is 2.56. The van der Waals surface area contributed by atoms with E-state index >= 15 is 0 Å². The van der Waals surface area contributed by atoms with Crippen molar-refractivity contribution in [1.82, 2.24) is 9.62 Å². The first kappa shape index (κ1) is 19.0. The molecule has 0 saturated carbocycles. The van der Waals surface area contributed by atoms with E-state index in [4.69, 9.17) is 4.74 Å². The molecule has 0 amide bonds. The van der Waals surface area contributed by atoms with E-state index in [-0.39, 0.29) is 12.4 Å². The number of nitrogens with zero attached hydrogens (tertiary/aromatic N) is 1. The van der Waals surface area contributed by atoms with Gasteiger partial charge in [0.1, 0.15) is 10.6 Å². The average Bonchev–Trinajstić information content (AvgIpc) is 2.95. The van der Waals surface area contributed by atoms with Crippen LogP contribution < -0.4 is 10.1 Å². The third-order valence-corrected chi connectivity index (χ3v) is 6.64. The molecule has 1 aromatic rings. The topological polar surface area (TPSA) is 58.6 Å². The zero-order valence-electron chi connectivity index (χ0n) is 13.0. The van der Waals surface area contributed by atoms with Gasteiger partial charge in [-0.3, -0.25) is 0 Å². The SMILES string of the molecule is CNCC1CCCN(S(=O)(=O)c2cc(Br)cc3c2OCC3)C1.Cl. The van der Waals surface area contributed by atoms with Crippen molar-refractivity contribution < 1.29 is 13.2 Å². The van der Waals surface area contributed by atoms with Crippen LogP contribution in [-0.2, 0) is 16.4 Å². The van der Waals surface area contributed by atoms with Crippen molar-refractivity contribution in [2.24, 2.45) is 5.92 Å². The summed E-state index contributed by atoms with van der Waals surface area (Å²) < 4.78 is 34.1. The van der Waals surface area contributed by atoms with E-state index in [1.165, 1.54) is 0 Å². The lowest BCUT2D eigenvalue weighted by Gasteiger charge is -2.32. The Morgan fingerprint density at radius 1 is 1.43 bits per heavy atom. The number of nitrogens with one attached hydrogen (secondary N) is 1. The van der Waals surface area contributed by atoms with Gasteiger partial charge in [0.25, 0.3) is 0 Å². The molecular formula is C15H22BrClN2O3S. The Bertz CT molecular complexity index is 667. The largest absolute Gasteiger partial charge is 0.492 e. The molecule has 1 unspecified atom stereocenters. The highest BCUT2D eigenvalue weighted by atomic mass is 79.9. The van der Waals surface area contributed by atoms with E-state index < -0.39 is 10.0 Å². The maximum Gasteiger partial charge on any atom is 0.246 e. The Kier molecular flexibility index (Phi) is 6.35. The molecule has 8 heteroatoms. The van der Waals surface area contributed by atoms with Gasteiger partial charge in [-0.05, 0) is 44.5 Å². The molecule has 2 aliphatic rings. The van der Waals surface area contributed by atoms with Gasteiger partial charge in [0.2, 0.25) is 10.0 Å². The Labute approximate surface area is 152 Å². The van der Waals surface area contributed by atoms with Crippen LogP contribution in [0.1, 0.15) is 18.4 Å². The number of hydrogen-bond donors (Lipinski definition) is 1. The summed E-state index contributed by atoms with van der Waals surface area (Å²) in [7, 11) is -1.61. The normalized spacial score (nSPS) is 21.4. The van der Waals surface area contributed by atoms with Gasteiger partial charge in [-0.25, -0.2) is 8.42 Å². The number of ether oxygens (including phenoxy) is 1. The quantitative estimate of drug-likeness (QED) is 0.805. The second-order valence-electron chi connectivity index (χ2n) is 5.92. The molecule has 0 aliphatic carbocycles. The molecule has 1 aromatic carbocycles. The van der Waals surface area contributed by atoms with Crippen LogP contribution in [-0.4, -0.2) is 46.0 Å². The van der Waals surface area contributed by atoms with Crippen LogP contribution in [0.5, 0.6) is 5.75 Å². The highest BCUT2D eigenvalue weighted by molar-refractivity contribution is 9.10. The third-order valence-electron chi connectivity index (χ3n) is 4.31. The summed E-state index contributed by atoms with van der Waals surface area (Å²) in [5.74, 6) is 0.911. The molecule has 5 nitrogen and oxygen atoms in total. The number of piperidine rings is 1. The van der Waals surface area contributed by atoms with Crippen molar-refractivity contribution in [2.75, 3.05) is 33.3 Å². The van der Waals surface area contributed by atoms with E-state index in [1.807, 2.05) is 13.1 Å². The third kappa shape index (κ3) is 3.85. The highest BCUT2D eigenvalue weighted by Crippen LogP contribution is 2.38. The predicted molar refractivity (Wildman–Crippen MR) is 96.0 cm³/mol. The molecule has 2 heterocycles. The molecule has 130 valence electrons. The Balaban J connectivity index is 0.00000192. The van der Waals surface area contributed by atoms with Gasteiger partial charge < -0.3 is 10.1 Å². The van der Waals surface area contributed by atoms with Crippen LogP contribution >= 0.6 is 28.3 Å². The van der Waals surface area contributed by atoms with Gasteiger partial charge in [0, 0.05) is 29.5 Å². The molecule has 23 heavy (non-hydrogen) atoms. The van der Waals surface area contributed by atoms with E-state index in [0.717, 1.165) is 35.8 Å². The number of rotatable bonds is 4. The van der Waals surface area contributed by atoms with Crippen LogP contribution in [0.25, 0.3) is 0 Å². The number of sulfonamides is 1. The van der Waals surface area contributed by atoms with Crippen LogP contribution in [0.15, 0.2) is 21.5 Å². The molecule has 0 spiro atoms. The first-order valence-corrected chi connectivity index (χ1v) is 9.85. The molecule has 1 N–H and O–H groups in total. The fraction of sp³-hybridized carbons (Fsp3) is 0.600. The summed E-state index contributed by atoms with van der Waals surface area (Å²) >= 11 is 3.42. The van der Waals surface area contributed by atoms with Crippen molar-refractivity contribution in [3.63, 3.8) is 0 Å². The second kappa shape index (κ2) is 7.70.